The molecule has 2 N–H and O–H groups in total. The van der Waals surface area contributed by atoms with Crippen molar-refractivity contribution in [2.75, 3.05) is 18.5 Å². The van der Waals surface area contributed by atoms with Crippen molar-refractivity contribution in [2.45, 2.75) is 0 Å². The first-order valence-corrected chi connectivity index (χ1v) is 9.34. The van der Waals surface area contributed by atoms with Crippen molar-refractivity contribution in [3.8, 4) is 11.3 Å². The van der Waals surface area contributed by atoms with E-state index in [0.29, 0.717) is 16.4 Å². The van der Waals surface area contributed by atoms with Crippen molar-refractivity contribution < 1.29 is 19.1 Å². The van der Waals surface area contributed by atoms with E-state index in [1.807, 2.05) is 30.3 Å². The van der Waals surface area contributed by atoms with Gasteiger partial charge >= 0.3 is 17.8 Å². The Morgan fingerprint density at radius 3 is 2.32 bits per heavy atom. The Labute approximate surface area is 165 Å². The maximum Gasteiger partial charge on any atom is 0.338 e. The number of nitrogens with zero attached hydrogens (tertiary/aromatic N) is 1. The van der Waals surface area contributed by atoms with Gasteiger partial charge in [-0.05, 0) is 12.1 Å². The summed E-state index contributed by atoms with van der Waals surface area (Å²) in [5.74, 6) is -2.15. The van der Waals surface area contributed by atoms with Gasteiger partial charge in [-0.3, -0.25) is 14.9 Å². The van der Waals surface area contributed by atoms with Crippen molar-refractivity contribution >= 4 is 34.3 Å². The van der Waals surface area contributed by atoms with Crippen LogP contribution in [0.1, 0.15) is 10.4 Å². The largest absolute Gasteiger partial charge is 0.460 e. The molecule has 3 aromatic rings. The van der Waals surface area contributed by atoms with Crippen LogP contribution in [0.4, 0.5) is 5.13 Å². The van der Waals surface area contributed by atoms with E-state index in [1.165, 1.54) is 11.3 Å². The van der Waals surface area contributed by atoms with Crippen molar-refractivity contribution in [2.24, 2.45) is 0 Å². The highest BCUT2D eigenvalue weighted by molar-refractivity contribution is 7.14. The van der Waals surface area contributed by atoms with Crippen LogP contribution in [0.3, 0.4) is 0 Å². The predicted octanol–water partition coefficient (Wildman–Crippen LogP) is 2.72. The standard InChI is InChI=1S/C20H17N3O4S/c24-17(21-11-12-27-19(26)15-9-5-2-6-10-15)18(25)23-20-22-16(13-28-20)14-7-3-1-4-8-14/h1-10,13H,11-12H2,(H,21,24)(H,22,23,25). The number of esters is 1. The summed E-state index contributed by atoms with van der Waals surface area (Å²) >= 11 is 1.23. The van der Waals surface area contributed by atoms with Gasteiger partial charge in [0, 0.05) is 10.9 Å². The number of ether oxygens (including phenoxy) is 1. The number of carbonyl (C=O) groups excluding carboxylic acids is 3. The summed E-state index contributed by atoms with van der Waals surface area (Å²) in [5, 5.41) is 6.98. The molecule has 142 valence electrons. The van der Waals surface area contributed by atoms with Gasteiger partial charge in [-0.2, -0.15) is 0 Å². The van der Waals surface area contributed by atoms with Crippen LogP contribution < -0.4 is 10.6 Å². The van der Waals surface area contributed by atoms with Crippen molar-refractivity contribution in [3.05, 3.63) is 71.6 Å². The monoisotopic (exact) mass is 395 g/mol. The average Bonchev–Trinajstić information content (AvgIpc) is 3.20. The number of rotatable bonds is 6. The molecule has 1 aromatic heterocycles. The molecule has 8 heteroatoms. The molecule has 7 nitrogen and oxygen atoms in total. The third kappa shape index (κ3) is 5.24. The Kier molecular flexibility index (Phi) is 6.48. The van der Waals surface area contributed by atoms with E-state index in [9.17, 15) is 14.4 Å². The van der Waals surface area contributed by atoms with Crippen molar-refractivity contribution in [3.63, 3.8) is 0 Å². The number of aromatic nitrogens is 1. The number of hydrogen-bond acceptors (Lipinski definition) is 6. The molecule has 2 aromatic carbocycles. The van der Waals surface area contributed by atoms with Gasteiger partial charge in [0.05, 0.1) is 17.8 Å². The van der Waals surface area contributed by atoms with E-state index in [4.69, 9.17) is 4.74 Å². The lowest BCUT2D eigenvalue weighted by Gasteiger charge is -2.06. The zero-order valence-corrected chi connectivity index (χ0v) is 15.6. The zero-order chi connectivity index (χ0) is 19.8. The summed E-state index contributed by atoms with van der Waals surface area (Å²) < 4.78 is 5.03. The molecule has 0 aliphatic heterocycles. The number of anilines is 1. The van der Waals surface area contributed by atoms with Gasteiger partial charge in [0.2, 0.25) is 0 Å². The first-order valence-electron chi connectivity index (χ1n) is 8.46. The van der Waals surface area contributed by atoms with Gasteiger partial charge < -0.3 is 10.1 Å². The topological polar surface area (TPSA) is 97.4 Å². The minimum absolute atomic E-state index is 0.0258. The maximum absolute atomic E-state index is 11.9. The van der Waals surface area contributed by atoms with Crippen molar-refractivity contribution in [1.29, 1.82) is 0 Å². The lowest BCUT2D eigenvalue weighted by Crippen LogP contribution is -2.37. The highest BCUT2D eigenvalue weighted by Gasteiger charge is 2.15. The number of hydrogen-bond donors (Lipinski definition) is 2. The highest BCUT2D eigenvalue weighted by atomic mass is 32.1. The van der Waals surface area contributed by atoms with Crippen LogP contribution >= 0.6 is 11.3 Å². The second-order valence-corrected chi connectivity index (χ2v) is 6.47. The molecule has 0 bridgehead atoms. The van der Waals surface area contributed by atoms with Crippen LogP contribution in [-0.4, -0.2) is 35.9 Å². The highest BCUT2D eigenvalue weighted by Crippen LogP contribution is 2.24. The Morgan fingerprint density at radius 2 is 1.61 bits per heavy atom. The molecule has 0 atom stereocenters. The van der Waals surface area contributed by atoms with Crippen LogP contribution in [0.2, 0.25) is 0 Å². The summed E-state index contributed by atoms with van der Waals surface area (Å²) in [7, 11) is 0. The molecule has 0 radical (unpaired) electrons. The molecule has 0 fully saturated rings. The fraction of sp³-hybridized carbons (Fsp3) is 0.100. The van der Waals surface area contributed by atoms with Crippen LogP contribution in [0, 0.1) is 0 Å². The molecule has 0 unspecified atom stereocenters. The normalized spacial score (nSPS) is 10.1. The summed E-state index contributed by atoms with van der Waals surface area (Å²) in [4.78, 5) is 39.9. The Balaban J connectivity index is 1.42. The number of nitrogens with one attached hydrogen (secondary N) is 2. The minimum atomic E-state index is -0.830. The molecule has 2 amide bonds. The average molecular weight is 395 g/mol. The molecule has 28 heavy (non-hydrogen) atoms. The third-order valence-electron chi connectivity index (χ3n) is 3.63. The quantitative estimate of drug-likeness (QED) is 0.380. The second kappa shape index (κ2) is 9.43. The zero-order valence-electron chi connectivity index (χ0n) is 14.8. The van der Waals surface area contributed by atoms with Crippen molar-refractivity contribution in [1.82, 2.24) is 10.3 Å². The number of benzene rings is 2. The number of thiazole rings is 1. The van der Waals surface area contributed by atoms with E-state index >= 15 is 0 Å². The third-order valence-corrected chi connectivity index (χ3v) is 4.39. The summed E-state index contributed by atoms with van der Waals surface area (Å²) in [6.07, 6.45) is 0. The molecular formula is C20H17N3O4S. The Morgan fingerprint density at radius 1 is 0.929 bits per heavy atom. The van der Waals surface area contributed by atoms with Crippen LogP contribution in [-0.2, 0) is 14.3 Å². The minimum Gasteiger partial charge on any atom is -0.460 e. The molecule has 0 saturated heterocycles. The van der Waals surface area contributed by atoms with E-state index in [-0.39, 0.29) is 13.2 Å². The first kappa shape index (κ1) is 19.2. The molecular weight excluding hydrogens is 378 g/mol. The first-order chi connectivity index (χ1) is 13.6. The van der Waals surface area contributed by atoms with E-state index in [2.05, 4.69) is 15.6 Å². The Hall–Kier alpha value is -3.52. The van der Waals surface area contributed by atoms with Crippen LogP contribution in [0.25, 0.3) is 11.3 Å². The molecule has 0 aliphatic rings. The summed E-state index contributed by atoms with van der Waals surface area (Å²) in [5.41, 5.74) is 2.06. The van der Waals surface area contributed by atoms with Crippen LogP contribution in [0.5, 0.6) is 0 Å². The SMILES string of the molecule is O=C(NCCOC(=O)c1ccccc1)C(=O)Nc1nc(-c2ccccc2)cs1. The fourth-order valence-electron chi connectivity index (χ4n) is 2.27. The smallest absolute Gasteiger partial charge is 0.338 e. The maximum atomic E-state index is 11.9. The lowest BCUT2D eigenvalue weighted by molar-refractivity contribution is -0.136. The Bertz CT molecular complexity index is 958. The number of carbonyl (C=O) groups is 3. The van der Waals surface area contributed by atoms with Gasteiger partial charge in [-0.1, -0.05) is 48.5 Å². The van der Waals surface area contributed by atoms with E-state index in [1.54, 1.807) is 35.7 Å². The molecule has 0 aliphatic carbocycles. The molecule has 3 rings (SSSR count). The van der Waals surface area contributed by atoms with Gasteiger partial charge in [-0.15, -0.1) is 11.3 Å². The van der Waals surface area contributed by atoms with Gasteiger partial charge in [0.1, 0.15) is 6.61 Å². The second-order valence-electron chi connectivity index (χ2n) is 5.62. The van der Waals surface area contributed by atoms with Crippen LogP contribution in [0.15, 0.2) is 66.0 Å². The molecule has 0 spiro atoms. The lowest BCUT2D eigenvalue weighted by atomic mass is 10.2. The molecule has 0 saturated carbocycles. The van der Waals surface area contributed by atoms with Gasteiger partial charge in [-0.25, -0.2) is 9.78 Å². The van der Waals surface area contributed by atoms with Gasteiger partial charge in [0.25, 0.3) is 0 Å². The summed E-state index contributed by atoms with van der Waals surface area (Å²) in [6.45, 7) is -0.0138. The van der Waals surface area contributed by atoms with E-state index < -0.39 is 17.8 Å². The summed E-state index contributed by atoms with van der Waals surface area (Å²) in [6, 6.07) is 18.0. The molecule has 1 heterocycles. The van der Waals surface area contributed by atoms with E-state index in [0.717, 1.165) is 5.56 Å². The fourth-order valence-corrected chi connectivity index (χ4v) is 2.99. The number of amides is 2. The van der Waals surface area contributed by atoms with Gasteiger partial charge in [0.15, 0.2) is 5.13 Å². The predicted molar refractivity (Wildman–Crippen MR) is 106 cm³/mol.